The van der Waals surface area contributed by atoms with E-state index < -0.39 is 0 Å². The van der Waals surface area contributed by atoms with Crippen molar-refractivity contribution in [1.82, 2.24) is 0 Å². The molecule has 2 heteroatoms. The van der Waals surface area contributed by atoms with Crippen LogP contribution in [0.15, 0.2) is 30.4 Å². The van der Waals surface area contributed by atoms with Crippen LogP contribution in [0.25, 0.3) is 0 Å². The zero-order valence-electron chi connectivity index (χ0n) is 10.4. The second-order valence-electron chi connectivity index (χ2n) is 4.87. The molecule has 1 aliphatic rings. The summed E-state index contributed by atoms with van der Waals surface area (Å²) < 4.78 is 19.1. The third-order valence-corrected chi connectivity index (χ3v) is 3.26. The van der Waals surface area contributed by atoms with Gasteiger partial charge in [-0.05, 0) is 42.9 Å². The van der Waals surface area contributed by atoms with Crippen LogP contribution in [0.1, 0.15) is 30.9 Å². The smallest absolute Gasteiger partial charge is 0.126 e. The third-order valence-electron chi connectivity index (χ3n) is 3.26. The zero-order chi connectivity index (χ0) is 12.3. The molecule has 17 heavy (non-hydrogen) atoms. The molecule has 1 aromatic carbocycles. The van der Waals surface area contributed by atoms with Crippen molar-refractivity contribution >= 4 is 0 Å². The normalized spacial score (nSPS) is 23.9. The van der Waals surface area contributed by atoms with Gasteiger partial charge in [-0.3, -0.25) is 0 Å². The summed E-state index contributed by atoms with van der Waals surface area (Å²) in [7, 11) is 0. The van der Waals surface area contributed by atoms with E-state index in [1.807, 2.05) is 6.07 Å². The number of allylic oxidation sites excluding steroid dienone is 1. The van der Waals surface area contributed by atoms with E-state index >= 15 is 0 Å². The van der Waals surface area contributed by atoms with Crippen LogP contribution in [0.5, 0.6) is 0 Å². The number of ether oxygens (including phenoxy) is 1. The molecule has 2 unspecified atom stereocenters. The highest BCUT2D eigenvalue weighted by atomic mass is 19.1. The van der Waals surface area contributed by atoms with E-state index in [2.05, 4.69) is 19.1 Å². The Hall–Kier alpha value is -1.15. The van der Waals surface area contributed by atoms with Crippen molar-refractivity contribution in [2.45, 2.75) is 39.4 Å². The second kappa shape index (κ2) is 5.46. The Morgan fingerprint density at radius 3 is 2.76 bits per heavy atom. The van der Waals surface area contributed by atoms with Crippen LogP contribution in [0.2, 0.25) is 0 Å². The summed E-state index contributed by atoms with van der Waals surface area (Å²) in [5, 5.41) is 0. The Balaban J connectivity index is 1.89. The van der Waals surface area contributed by atoms with Gasteiger partial charge in [0.15, 0.2) is 0 Å². The van der Waals surface area contributed by atoms with Gasteiger partial charge < -0.3 is 4.74 Å². The van der Waals surface area contributed by atoms with Crippen LogP contribution < -0.4 is 0 Å². The van der Waals surface area contributed by atoms with E-state index in [-0.39, 0.29) is 11.9 Å². The topological polar surface area (TPSA) is 9.23 Å². The summed E-state index contributed by atoms with van der Waals surface area (Å²) >= 11 is 0. The van der Waals surface area contributed by atoms with Gasteiger partial charge in [0.25, 0.3) is 0 Å². The second-order valence-corrected chi connectivity index (χ2v) is 4.87. The Morgan fingerprint density at radius 2 is 2.12 bits per heavy atom. The molecule has 2 rings (SSSR count). The van der Waals surface area contributed by atoms with Crippen LogP contribution in [-0.2, 0) is 11.3 Å². The van der Waals surface area contributed by atoms with Gasteiger partial charge in [0.05, 0.1) is 12.7 Å². The molecule has 0 amide bonds. The molecule has 0 bridgehead atoms. The lowest BCUT2D eigenvalue weighted by atomic mass is 9.96. The molecule has 1 aromatic rings. The molecule has 0 saturated carbocycles. The molecule has 1 aliphatic carbocycles. The van der Waals surface area contributed by atoms with Crippen molar-refractivity contribution in [2.75, 3.05) is 0 Å². The first-order valence-corrected chi connectivity index (χ1v) is 6.20. The van der Waals surface area contributed by atoms with E-state index in [0.717, 1.165) is 12.0 Å². The minimum absolute atomic E-state index is 0.154. The van der Waals surface area contributed by atoms with E-state index in [4.69, 9.17) is 4.74 Å². The molecule has 0 N–H and O–H groups in total. The minimum Gasteiger partial charge on any atom is -0.369 e. The van der Waals surface area contributed by atoms with Crippen LogP contribution in [0.4, 0.5) is 4.39 Å². The summed E-state index contributed by atoms with van der Waals surface area (Å²) in [6, 6.07) is 5.28. The lowest BCUT2D eigenvalue weighted by Crippen LogP contribution is -2.15. The maximum absolute atomic E-state index is 13.3. The first-order chi connectivity index (χ1) is 8.15. The van der Waals surface area contributed by atoms with Crippen LogP contribution in [-0.4, -0.2) is 6.10 Å². The molecular weight excluding hydrogens is 215 g/mol. The highest BCUT2D eigenvalue weighted by molar-refractivity contribution is 5.22. The number of benzene rings is 1. The summed E-state index contributed by atoms with van der Waals surface area (Å²) in [6.45, 7) is 4.47. The number of halogens is 1. The molecule has 0 aliphatic heterocycles. The van der Waals surface area contributed by atoms with Gasteiger partial charge in [-0.1, -0.05) is 31.2 Å². The molecule has 0 aromatic heterocycles. The monoisotopic (exact) mass is 234 g/mol. The molecule has 0 radical (unpaired) electrons. The van der Waals surface area contributed by atoms with Crippen molar-refractivity contribution in [3.05, 3.63) is 47.3 Å². The molecule has 0 heterocycles. The van der Waals surface area contributed by atoms with Gasteiger partial charge in [-0.2, -0.15) is 0 Å². The average Bonchev–Trinajstić information content (AvgIpc) is 2.33. The maximum Gasteiger partial charge on any atom is 0.126 e. The van der Waals surface area contributed by atoms with Crippen LogP contribution in [0, 0.1) is 18.7 Å². The van der Waals surface area contributed by atoms with Crippen molar-refractivity contribution in [3.63, 3.8) is 0 Å². The lowest BCUT2D eigenvalue weighted by molar-refractivity contribution is 0.0594. The van der Waals surface area contributed by atoms with Gasteiger partial charge in [0, 0.05) is 0 Å². The Kier molecular flexibility index (Phi) is 3.95. The SMILES string of the molecule is Cc1ccc(COC2C=CC(C)CC2)cc1F. The summed E-state index contributed by atoms with van der Waals surface area (Å²) in [5.74, 6) is 0.505. The molecule has 92 valence electrons. The predicted molar refractivity (Wildman–Crippen MR) is 67.3 cm³/mol. The minimum atomic E-state index is -0.154. The highest BCUT2D eigenvalue weighted by Crippen LogP contribution is 2.20. The third kappa shape index (κ3) is 3.40. The van der Waals surface area contributed by atoms with Gasteiger partial charge in [-0.25, -0.2) is 4.39 Å². The zero-order valence-corrected chi connectivity index (χ0v) is 10.4. The quantitative estimate of drug-likeness (QED) is 0.718. The van der Waals surface area contributed by atoms with E-state index in [0.29, 0.717) is 18.1 Å². The maximum atomic E-state index is 13.3. The van der Waals surface area contributed by atoms with Crippen LogP contribution in [0.3, 0.4) is 0 Å². The van der Waals surface area contributed by atoms with E-state index in [1.54, 1.807) is 19.1 Å². The summed E-state index contributed by atoms with van der Waals surface area (Å²) in [6.07, 6.45) is 6.74. The first-order valence-electron chi connectivity index (χ1n) is 6.20. The van der Waals surface area contributed by atoms with Crippen LogP contribution >= 0.6 is 0 Å². The molecule has 1 nitrogen and oxygen atoms in total. The Morgan fingerprint density at radius 1 is 1.29 bits per heavy atom. The summed E-state index contributed by atoms with van der Waals surface area (Å²) in [4.78, 5) is 0. The van der Waals surface area contributed by atoms with Gasteiger partial charge >= 0.3 is 0 Å². The number of hydrogen-bond donors (Lipinski definition) is 0. The average molecular weight is 234 g/mol. The summed E-state index contributed by atoms with van der Waals surface area (Å²) in [5.41, 5.74) is 1.58. The van der Waals surface area contributed by atoms with E-state index in [1.165, 1.54) is 6.42 Å². The lowest BCUT2D eigenvalue weighted by Gasteiger charge is -2.20. The Labute approximate surface area is 102 Å². The number of aryl methyl sites for hydroxylation is 1. The van der Waals surface area contributed by atoms with E-state index in [9.17, 15) is 4.39 Å². The van der Waals surface area contributed by atoms with Gasteiger partial charge in [0.2, 0.25) is 0 Å². The standard InChI is InChI=1S/C15H19FO/c1-11-3-7-14(8-4-11)17-10-13-6-5-12(2)15(16)9-13/h3,5-7,9,11,14H,4,8,10H2,1-2H3. The molecule has 0 fully saturated rings. The van der Waals surface area contributed by atoms with Crippen molar-refractivity contribution in [2.24, 2.45) is 5.92 Å². The van der Waals surface area contributed by atoms with Gasteiger partial charge in [0.1, 0.15) is 5.82 Å². The fourth-order valence-electron chi connectivity index (χ4n) is 2.00. The fraction of sp³-hybridized carbons (Fsp3) is 0.467. The predicted octanol–water partition coefficient (Wildman–Crippen LogP) is 4.01. The van der Waals surface area contributed by atoms with Gasteiger partial charge in [-0.15, -0.1) is 0 Å². The van der Waals surface area contributed by atoms with Crippen molar-refractivity contribution in [3.8, 4) is 0 Å². The first kappa shape index (κ1) is 12.3. The molecular formula is C15H19FO. The Bertz CT molecular complexity index is 411. The number of hydrogen-bond acceptors (Lipinski definition) is 1. The largest absolute Gasteiger partial charge is 0.369 e. The molecule has 0 spiro atoms. The number of rotatable bonds is 3. The highest BCUT2D eigenvalue weighted by Gasteiger charge is 2.13. The molecule has 2 atom stereocenters. The fourth-order valence-corrected chi connectivity index (χ4v) is 2.00. The molecule has 0 saturated heterocycles. The van der Waals surface area contributed by atoms with Crippen molar-refractivity contribution in [1.29, 1.82) is 0 Å². The van der Waals surface area contributed by atoms with Crippen molar-refractivity contribution < 1.29 is 9.13 Å².